The molecule has 0 aliphatic carbocycles. The third-order valence-corrected chi connectivity index (χ3v) is 3.21. The van der Waals surface area contributed by atoms with Gasteiger partial charge in [0.15, 0.2) is 0 Å². The molecule has 0 radical (unpaired) electrons. The van der Waals surface area contributed by atoms with Crippen LogP contribution in [0.15, 0.2) is 59.4 Å². The lowest BCUT2D eigenvalue weighted by atomic mass is 10.2. The summed E-state index contributed by atoms with van der Waals surface area (Å²) in [5, 5.41) is 12.6. The van der Waals surface area contributed by atoms with Crippen LogP contribution in [-0.4, -0.2) is 26.9 Å². The number of anilines is 1. The second kappa shape index (κ2) is 6.69. The molecule has 0 unspecified atom stereocenters. The first-order valence-corrected chi connectivity index (χ1v) is 7.12. The number of fused-ring (bicyclic) bond motifs is 1. The Hall–Kier alpha value is -3.55. The monoisotopic (exact) mass is 323 g/mol. The van der Waals surface area contributed by atoms with Crippen LogP contribution in [0.3, 0.4) is 0 Å². The Morgan fingerprint density at radius 2 is 1.71 bits per heavy atom. The van der Waals surface area contributed by atoms with Crippen molar-refractivity contribution in [3.8, 4) is 0 Å². The third-order valence-electron chi connectivity index (χ3n) is 3.21. The van der Waals surface area contributed by atoms with E-state index in [1.807, 2.05) is 0 Å². The van der Waals surface area contributed by atoms with Crippen LogP contribution >= 0.6 is 0 Å². The van der Waals surface area contributed by atoms with E-state index < -0.39 is 24.0 Å². The molecule has 0 bridgehead atoms. The lowest BCUT2D eigenvalue weighted by molar-refractivity contribution is -0.120. The molecule has 0 atom stereocenters. The Morgan fingerprint density at radius 1 is 1.00 bits per heavy atom. The van der Waals surface area contributed by atoms with Crippen LogP contribution in [0.25, 0.3) is 10.9 Å². The van der Waals surface area contributed by atoms with E-state index in [0.29, 0.717) is 16.6 Å². The molecule has 0 spiro atoms. The number of hydrogen-bond acceptors (Lipinski definition) is 5. The number of nitrogens with one attached hydrogen (secondary N) is 2. The van der Waals surface area contributed by atoms with E-state index in [1.54, 1.807) is 54.6 Å². The van der Waals surface area contributed by atoms with Crippen molar-refractivity contribution in [1.82, 2.24) is 20.3 Å². The van der Waals surface area contributed by atoms with E-state index in [2.05, 4.69) is 20.9 Å². The molecule has 0 aliphatic rings. The Labute approximate surface area is 136 Å². The topological polar surface area (TPSA) is 106 Å². The van der Waals surface area contributed by atoms with Gasteiger partial charge in [0, 0.05) is 5.69 Å². The number of carbonyl (C=O) groups is 2. The van der Waals surface area contributed by atoms with Gasteiger partial charge in [0.25, 0.3) is 5.56 Å². The molecule has 3 amide bonds. The van der Waals surface area contributed by atoms with Crippen molar-refractivity contribution < 1.29 is 9.59 Å². The van der Waals surface area contributed by atoms with Crippen molar-refractivity contribution in [3.05, 3.63) is 65.0 Å². The van der Waals surface area contributed by atoms with Gasteiger partial charge in [-0.2, -0.15) is 0 Å². The molecule has 0 aliphatic heterocycles. The first-order chi connectivity index (χ1) is 11.6. The molecular weight excluding hydrogens is 310 g/mol. The predicted molar refractivity (Wildman–Crippen MR) is 87.4 cm³/mol. The number of para-hydroxylation sites is 1. The minimum Gasteiger partial charge on any atom is -0.308 e. The summed E-state index contributed by atoms with van der Waals surface area (Å²) in [4.78, 5) is 35.9. The first kappa shape index (κ1) is 15.3. The van der Waals surface area contributed by atoms with Gasteiger partial charge in [-0.25, -0.2) is 9.48 Å². The fourth-order valence-electron chi connectivity index (χ4n) is 2.11. The van der Waals surface area contributed by atoms with E-state index >= 15 is 0 Å². The predicted octanol–water partition coefficient (Wildman–Crippen LogP) is 1.14. The molecule has 8 nitrogen and oxygen atoms in total. The Bertz CT molecular complexity index is 953. The minimum atomic E-state index is -0.687. The summed E-state index contributed by atoms with van der Waals surface area (Å²) in [6, 6.07) is 14.7. The number of rotatable bonds is 3. The van der Waals surface area contributed by atoms with E-state index in [-0.39, 0.29) is 0 Å². The zero-order chi connectivity index (χ0) is 16.9. The Morgan fingerprint density at radius 3 is 2.50 bits per heavy atom. The molecule has 2 N–H and O–H groups in total. The summed E-state index contributed by atoms with van der Waals surface area (Å²) >= 11 is 0. The van der Waals surface area contributed by atoms with Crippen LogP contribution in [0, 0.1) is 0 Å². The minimum absolute atomic E-state index is 0.356. The van der Waals surface area contributed by atoms with Crippen LogP contribution in [-0.2, 0) is 11.3 Å². The molecule has 3 rings (SSSR count). The maximum Gasteiger partial charge on any atom is 0.325 e. The molecule has 24 heavy (non-hydrogen) atoms. The van der Waals surface area contributed by atoms with Crippen molar-refractivity contribution in [2.45, 2.75) is 6.54 Å². The van der Waals surface area contributed by atoms with E-state index in [1.165, 1.54) is 0 Å². The lowest BCUT2D eigenvalue weighted by Crippen LogP contribution is -2.39. The van der Waals surface area contributed by atoms with Gasteiger partial charge in [-0.05, 0) is 24.3 Å². The maximum absolute atomic E-state index is 12.2. The molecule has 120 valence electrons. The van der Waals surface area contributed by atoms with Gasteiger partial charge < -0.3 is 5.32 Å². The third kappa shape index (κ3) is 3.43. The maximum atomic E-state index is 12.2. The van der Waals surface area contributed by atoms with E-state index in [9.17, 15) is 14.4 Å². The summed E-state index contributed by atoms with van der Waals surface area (Å²) in [5.74, 6) is -0.671. The van der Waals surface area contributed by atoms with Gasteiger partial charge in [-0.15, -0.1) is 5.10 Å². The van der Waals surface area contributed by atoms with Crippen molar-refractivity contribution in [2.75, 3.05) is 5.32 Å². The normalized spacial score (nSPS) is 10.3. The molecule has 2 aromatic carbocycles. The highest BCUT2D eigenvalue weighted by Gasteiger charge is 2.12. The number of benzene rings is 2. The summed E-state index contributed by atoms with van der Waals surface area (Å²) in [7, 11) is 0. The number of aromatic nitrogens is 3. The van der Waals surface area contributed by atoms with Gasteiger partial charge in [0.1, 0.15) is 12.1 Å². The number of imide groups is 1. The quantitative estimate of drug-likeness (QED) is 0.752. The number of urea groups is 1. The average Bonchev–Trinajstić information content (AvgIpc) is 2.58. The second-order valence-electron chi connectivity index (χ2n) is 4.94. The summed E-state index contributed by atoms with van der Waals surface area (Å²) in [5.41, 5.74) is 0.547. The van der Waals surface area contributed by atoms with E-state index in [0.717, 1.165) is 4.68 Å². The smallest absolute Gasteiger partial charge is 0.308 e. The van der Waals surface area contributed by atoms with Crippen LogP contribution in [0.2, 0.25) is 0 Å². The lowest BCUT2D eigenvalue weighted by Gasteiger charge is -2.07. The molecule has 8 heteroatoms. The molecular formula is C16H13N5O3. The Balaban J connectivity index is 1.68. The molecule has 0 saturated carbocycles. The fourth-order valence-corrected chi connectivity index (χ4v) is 2.11. The van der Waals surface area contributed by atoms with Gasteiger partial charge in [-0.3, -0.25) is 14.9 Å². The van der Waals surface area contributed by atoms with E-state index in [4.69, 9.17) is 0 Å². The highest BCUT2D eigenvalue weighted by molar-refractivity contribution is 6.01. The Kier molecular flexibility index (Phi) is 4.28. The number of carbonyl (C=O) groups excluding carboxylic acids is 2. The fraction of sp³-hybridized carbons (Fsp3) is 0.0625. The molecule has 0 saturated heterocycles. The molecule has 3 aromatic rings. The van der Waals surface area contributed by atoms with Crippen molar-refractivity contribution in [1.29, 1.82) is 0 Å². The zero-order valence-electron chi connectivity index (χ0n) is 12.5. The SMILES string of the molecule is O=C(Cn1nnc2ccccc2c1=O)NC(=O)Nc1ccccc1. The van der Waals surface area contributed by atoms with Crippen LogP contribution < -0.4 is 16.2 Å². The van der Waals surface area contributed by atoms with Crippen LogP contribution in [0.5, 0.6) is 0 Å². The second-order valence-corrected chi connectivity index (χ2v) is 4.94. The highest BCUT2D eigenvalue weighted by atomic mass is 16.2. The first-order valence-electron chi connectivity index (χ1n) is 7.12. The van der Waals surface area contributed by atoms with Gasteiger partial charge in [-0.1, -0.05) is 35.5 Å². The largest absolute Gasteiger partial charge is 0.325 e. The number of hydrogen-bond donors (Lipinski definition) is 2. The van der Waals surface area contributed by atoms with Crippen molar-refractivity contribution in [2.24, 2.45) is 0 Å². The van der Waals surface area contributed by atoms with Gasteiger partial charge >= 0.3 is 6.03 Å². The summed E-state index contributed by atoms with van der Waals surface area (Å²) < 4.78 is 0.910. The van der Waals surface area contributed by atoms with Crippen molar-refractivity contribution >= 4 is 28.5 Å². The molecule has 1 aromatic heterocycles. The molecule has 0 fully saturated rings. The van der Waals surface area contributed by atoms with Gasteiger partial charge in [0.05, 0.1) is 5.39 Å². The van der Waals surface area contributed by atoms with Crippen LogP contribution in [0.1, 0.15) is 0 Å². The number of nitrogens with zero attached hydrogens (tertiary/aromatic N) is 3. The zero-order valence-corrected chi connectivity index (χ0v) is 12.5. The van der Waals surface area contributed by atoms with Crippen LogP contribution in [0.4, 0.5) is 10.5 Å². The molecule has 1 heterocycles. The average molecular weight is 323 g/mol. The number of amides is 3. The highest BCUT2D eigenvalue weighted by Crippen LogP contribution is 2.04. The van der Waals surface area contributed by atoms with Crippen molar-refractivity contribution in [3.63, 3.8) is 0 Å². The standard InChI is InChI=1S/C16H13N5O3/c22-14(18-16(24)17-11-6-2-1-3-7-11)10-21-15(23)12-8-4-5-9-13(12)19-20-21/h1-9H,10H2,(H2,17,18,22,24). The summed E-state index contributed by atoms with van der Waals surface area (Å²) in [6.45, 7) is -0.404. The summed E-state index contributed by atoms with van der Waals surface area (Å²) in [6.07, 6.45) is 0. The van der Waals surface area contributed by atoms with Gasteiger partial charge in [0.2, 0.25) is 5.91 Å².